The van der Waals surface area contributed by atoms with Crippen LogP contribution in [0.25, 0.3) is 0 Å². The Balaban J connectivity index is 2.52. The zero-order valence-corrected chi connectivity index (χ0v) is 11.0. The number of ether oxygens (including phenoxy) is 1. The number of aliphatic carboxylic acids is 2. The third-order valence-corrected chi connectivity index (χ3v) is 4.40. The van der Waals surface area contributed by atoms with Gasteiger partial charge in [0.05, 0.1) is 5.92 Å². The smallest absolute Gasteiger partial charge is 0.313 e. The first kappa shape index (κ1) is 14.6. The van der Waals surface area contributed by atoms with Gasteiger partial charge in [-0.1, -0.05) is 13.3 Å². The van der Waals surface area contributed by atoms with Crippen LogP contribution in [-0.2, 0) is 23.9 Å². The molecule has 0 aromatic heterocycles. The van der Waals surface area contributed by atoms with Gasteiger partial charge in [-0.25, -0.2) is 0 Å². The van der Waals surface area contributed by atoms with Crippen LogP contribution in [-0.4, -0.2) is 46.4 Å². The molecule has 1 aliphatic carbocycles. The summed E-state index contributed by atoms with van der Waals surface area (Å²) < 4.78 is 5.07. The Morgan fingerprint density at radius 2 is 1.95 bits per heavy atom. The highest BCUT2D eigenvalue weighted by Crippen LogP contribution is 2.49. The summed E-state index contributed by atoms with van der Waals surface area (Å²) in [5.41, 5.74) is -1.85. The van der Waals surface area contributed by atoms with E-state index in [1.54, 1.807) is 6.92 Å². The van der Waals surface area contributed by atoms with Crippen LogP contribution in [0.15, 0.2) is 0 Å². The Bertz CT molecular complexity index is 483. The van der Waals surface area contributed by atoms with E-state index in [0.717, 1.165) is 0 Å². The molecule has 2 N–H and O–H groups in total. The number of carbonyl (C=O) groups excluding carboxylic acids is 2. The lowest BCUT2D eigenvalue weighted by Gasteiger charge is -2.44. The molecule has 7 nitrogen and oxygen atoms in total. The highest BCUT2D eigenvalue weighted by Gasteiger charge is 2.63. The van der Waals surface area contributed by atoms with Crippen molar-refractivity contribution in [2.24, 2.45) is 17.3 Å². The Hall–Kier alpha value is -1.76. The molecule has 4 unspecified atom stereocenters. The Morgan fingerprint density at radius 3 is 2.40 bits per heavy atom. The van der Waals surface area contributed by atoms with Crippen LogP contribution in [0.2, 0.25) is 0 Å². The Labute approximate surface area is 114 Å². The van der Waals surface area contributed by atoms with E-state index in [-0.39, 0.29) is 6.42 Å². The average Bonchev–Trinajstić information content (AvgIpc) is 2.69. The molecular weight excluding hydrogens is 268 g/mol. The van der Waals surface area contributed by atoms with Crippen molar-refractivity contribution in [3.05, 3.63) is 0 Å². The molecule has 1 heterocycles. The summed E-state index contributed by atoms with van der Waals surface area (Å²) >= 11 is 0. The van der Waals surface area contributed by atoms with Gasteiger partial charge in [-0.05, 0) is 18.8 Å². The lowest BCUT2D eigenvalue weighted by atomic mass is 9.58. The van der Waals surface area contributed by atoms with Crippen molar-refractivity contribution in [2.45, 2.75) is 32.3 Å². The van der Waals surface area contributed by atoms with Crippen molar-refractivity contribution in [3.8, 4) is 0 Å². The lowest BCUT2D eigenvalue weighted by molar-refractivity contribution is -0.183. The van der Waals surface area contributed by atoms with E-state index in [1.807, 2.05) is 0 Å². The first-order valence-corrected chi connectivity index (χ1v) is 6.47. The van der Waals surface area contributed by atoms with Crippen LogP contribution in [0.1, 0.15) is 26.2 Å². The highest BCUT2D eigenvalue weighted by atomic mass is 16.5. The molecule has 0 spiro atoms. The zero-order valence-electron chi connectivity index (χ0n) is 11.0. The molecule has 7 heteroatoms. The maximum atomic E-state index is 11.9. The predicted octanol–water partition coefficient (Wildman–Crippen LogP) is 0.115. The van der Waals surface area contributed by atoms with Crippen molar-refractivity contribution < 1.29 is 34.1 Å². The summed E-state index contributed by atoms with van der Waals surface area (Å²) in [6.45, 7) is 1.18. The minimum Gasteiger partial charge on any atom is -0.481 e. The van der Waals surface area contributed by atoms with Crippen LogP contribution < -0.4 is 0 Å². The van der Waals surface area contributed by atoms with E-state index in [1.165, 1.54) is 0 Å². The van der Waals surface area contributed by atoms with Crippen LogP contribution in [0.4, 0.5) is 0 Å². The second kappa shape index (κ2) is 4.97. The van der Waals surface area contributed by atoms with Crippen molar-refractivity contribution in [1.29, 1.82) is 0 Å². The van der Waals surface area contributed by atoms with Gasteiger partial charge in [0.1, 0.15) is 18.1 Å². The van der Waals surface area contributed by atoms with Crippen molar-refractivity contribution in [3.63, 3.8) is 0 Å². The lowest BCUT2D eigenvalue weighted by Crippen LogP contribution is -2.57. The molecule has 1 aliphatic heterocycles. The number of ketones is 2. The van der Waals surface area contributed by atoms with Crippen molar-refractivity contribution >= 4 is 23.5 Å². The Morgan fingerprint density at radius 1 is 1.30 bits per heavy atom. The van der Waals surface area contributed by atoms with E-state index in [2.05, 4.69) is 0 Å². The summed E-state index contributed by atoms with van der Waals surface area (Å²) in [7, 11) is 0. The van der Waals surface area contributed by atoms with Crippen LogP contribution in [0.5, 0.6) is 0 Å². The van der Waals surface area contributed by atoms with Gasteiger partial charge in [0.15, 0.2) is 0 Å². The largest absolute Gasteiger partial charge is 0.481 e. The zero-order chi connectivity index (χ0) is 15.1. The molecule has 2 fully saturated rings. The first-order valence-electron chi connectivity index (χ1n) is 6.47. The fraction of sp³-hybridized carbons (Fsp3) is 0.692. The highest BCUT2D eigenvalue weighted by molar-refractivity contribution is 6.41. The van der Waals surface area contributed by atoms with Crippen molar-refractivity contribution in [1.82, 2.24) is 0 Å². The standard InChI is InChI=1S/C13H16O7/c1-6-3-2-4-13(12(18)19,8(6)11(16)17)10-9(15)7(14)5-20-10/h6,8,10H,2-5H2,1H3,(H,16,17)(H,18,19). The van der Waals surface area contributed by atoms with Crippen LogP contribution in [0, 0.1) is 17.3 Å². The molecule has 1 saturated heterocycles. The number of carboxylic acid groups (broad SMARTS) is 2. The molecular formula is C13H16O7. The molecule has 0 aromatic rings. The third-order valence-electron chi connectivity index (χ3n) is 4.40. The number of rotatable bonds is 3. The summed E-state index contributed by atoms with van der Waals surface area (Å²) in [4.78, 5) is 46.5. The van der Waals surface area contributed by atoms with Gasteiger partial charge in [-0.3, -0.25) is 19.2 Å². The topological polar surface area (TPSA) is 118 Å². The fourth-order valence-corrected chi connectivity index (χ4v) is 3.49. The number of Topliss-reactive ketones (excluding diaryl/α,β-unsaturated/α-hetero) is 2. The number of hydrogen-bond acceptors (Lipinski definition) is 5. The molecule has 0 bridgehead atoms. The van der Waals surface area contributed by atoms with Gasteiger partial charge in [0, 0.05) is 0 Å². The van der Waals surface area contributed by atoms with Crippen LogP contribution in [0.3, 0.4) is 0 Å². The van der Waals surface area contributed by atoms with Gasteiger partial charge in [-0.2, -0.15) is 0 Å². The van der Waals surface area contributed by atoms with Gasteiger partial charge in [0.2, 0.25) is 11.6 Å². The van der Waals surface area contributed by atoms with E-state index < -0.39 is 53.5 Å². The summed E-state index contributed by atoms with van der Waals surface area (Å²) in [6.07, 6.45) is -0.413. The molecule has 0 radical (unpaired) electrons. The van der Waals surface area contributed by atoms with Gasteiger partial charge < -0.3 is 14.9 Å². The van der Waals surface area contributed by atoms with Crippen molar-refractivity contribution in [2.75, 3.05) is 6.61 Å². The first-order chi connectivity index (χ1) is 9.32. The molecule has 110 valence electrons. The van der Waals surface area contributed by atoms with Crippen LogP contribution >= 0.6 is 0 Å². The van der Waals surface area contributed by atoms with E-state index in [4.69, 9.17) is 4.74 Å². The van der Waals surface area contributed by atoms with Gasteiger partial charge >= 0.3 is 11.9 Å². The molecule has 4 atom stereocenters. The summed E-state index contributed by atoms with van der Waals surface area (Å²) in [5, 5.41) is 19.0. The molecule has 0 amide bonds. The minimum atomic E-state index is -1.85. The summed E-state index contributed by atoms with van der Waals surface area (Å²) in [5.74, 6) is -6.01. The normalized spacial score (nSPS) is 38.0. The molecule has 20 heavy (non-hydrogen) atoms. The van der Waals surface area contributed by atoms with E-state index >= 15 is 0 Å². The van der Waals surface area contributed by atoms with E-state index in [9.17, 15) is 29.4 Å². The predicted molar refractivity (Wildman–Crippen MR) is 64.0 cm³/mol. The maximum absolute atomic E-state index is 11.9. The fourth-order valence-electron chi connectivity index (χ4n) is 3.49. The molecule has 2 aliphatic rings. The minimum absolute atomic E-state index is 0.0212. The Kier molecular flexibility index (Phi) is 3.64. The third kappa shape index (κ3) is 1.93. The second-order valence-corrected chi connectivity index (χ2v) is 5.51. The number of hydrogen-bond donors (Lipinski definition) is 2. The quantitative estimate of drug-likeness (QED) is 0.706. The number of carboxylic acids is 2. The SMILES string of the molecule is CC1CCCC(C(=O)O)(C2OCC(=O)C2=O)C1C(=O)O. The molecule has 2 rings (SSSR count). The van der Waals surface area contributed by atoms with Gasteiger partial charge in [-0.15, -0.1) is 0 Å². The summed E-state index contributed by atoms with van der Waals surface area (Å²) in [6, 6.07) is 0. The second-order valence-electron chi connectivity index (χ2n) is 5.51. The monoisotopic (exact) mass is 284 g/mol. The average molecular weight is 284 g/mol. The van der Waals surface area contributed by atoms with E-state index in [0.29, 0.717) is 12.8 Å². The maximum Gasteiger partial charge on any atom is 0.313 e. The number of carbonyl (C=O) groups is 4. The van der Waals surface area contributed by atoms with Gasteiger partial charge in [0.25, 0.3) is 0 Å². The molecule has 1 saturated carbocycles. The molecule has 0 aromatic carbocycles.